The molecule has 6 heavy (non-hydrogen) atoms. The minimum atomic E-state index is 0. The van der Waals surface area contributed by atoms with Crippen molar-refractivity contribution in [3.05, 3.63) is 0 Å². The fraction of sp³-hybridized carbons (Fsp3) is 0. The SMILES string of the molecule is [As-3].[Cr+3].[Cr+3].[Ga].[Ga].[SbH6-3]. The predicted molar refractivity (Wildman–Crippen MR) is 31.4 cm³/mol. The molecule has 34 valence electrons. The van der Waals surface area contributed by atoms with E-state index in [4.69, 9.17) is 0 Å². The van der Waals surface area contributed by atoms with Gasteiger partial charge in [-0.3, -0.25) is 0 Å². The van der Waals surface area contributed by atoms with Crippen LogP contribution in [0.3, 0.4) is 0 Å². The predicted octanol–water partition coefficient (Wildman–Crippen LogP) is -3.13. The van der Waals surface area contributed by atoms with Gasteiger partial charge in [0, 0.05) is 39.6 Å². The summed E-state index contributed by atoms with van der Waals surface area (Å²) in [5, 5.41) is 0. The Hall–Kier alpha value is 3.71. The number of rotatable bonds is 0. The van der Waals surface area contributed by atoms with Crippen molar-refractivity contribution in [2.75, 3.05) is 0 Å². The first kappa shape index (κ1) is 53.5. The molecule has 6 heteroatoms. The molecule has 0 saturated heterocycles. The van der Waals surface area contributed by atoms with Crippen LogP contribution in [0.25, 0.3) is 0 Å². The zero-order valence-electron chi connectivity index (χ0n) is 2.42. The fourth-order valence-corrected chi connectivity index (χ4v) is 0. The summed E-state index contributed by atoms with van der Waals surface area (Å²) >= 11 is 0. The number of hydrogen-bond donors (Lipinski definition) is 0. The normalized spacial score (nSPS) is 0. The summed E-state index contributed by atoms with van der Waals surface area (Å²) in [4.78, 5) is 0. The molecule has 0 spiro atoms. The Morgan fingerprint density at radius 3 is 0.667 bits per heavy atom. The van der Waals surface area contributed by atoms with E-state index in [-0.39, 0.29) is 117 Å². The second kappa shape index (κ2) is 37.6. The Kier molecular flexibility index (Phi) is 335. The van der Waals surface area contributed by atoms with Crippen LogP contribution in [0.5, 0.6) is 0 Å². The van der Waals surface area contributed by atoms with Crippen molar-refractivity contribution < 1.29 is 34.7 Å². The third-order valence-corrected chi connectivity index (χ3v) is 0. The van der Waals surface area contributed by atoms with Crippen LogP contribution in [0.4, 0.5) is 0 Å². The van der Waals surface area contributed by atoms with Crippen LogP contribution >= 0.6 is 0 Å². The van der Waals surface area contributed by atoms with Crippen LogP contribution < -0.4 is 0 Å². The van der Waals surface area contributed by atoms with E-state index >= 15 is 0 Å². The van der Waals surface area contributed by atoms with E-state index in [0.29, 0.717) is 0 Å². The molecule has 0 N–H and O–H groups in total. The fourth-order valence-electron chi connectivity index (χ4n) is 0. The summed E-state index contributed by atoms with van der Waals surface area (Å²) in [5.74, 6) is 0. The summed E-state index contributed by atoms with van der Waals surface area (Å²) in [6, 6.07) is 0. The van der Waals surface area contributed by atoms with Crippen LogP contribution in [0, 0.1) is 0 Å². The molecule has 0 aliphatic carbocycles. The molecule has 0 aromatic rings. The topological polar surface area (TPSA) is 0 Å². The van der Waals surface area contributed by atoms with Crippen molar-refractivity contribution in [3.8, 4) is 0 Å². The van der Waals surface area contributed by atoms with Gasteiger partial charge in [0.1, 0.15) is 0 Å². The van der Waals surface area contributed by atoms with E-state index < -0.39 is 0 Å². The van der Waals surface area contributed by atoms with Crippen LogP contribution in [0.2, 0.25) is 0 Å². The van der Waals surface area contributed by atoms with Crippen molar-refractivity contribution in [2.45, 2.75) is 0 Å². The summed E-state index contributed by atoms with van der Waals surface area (Å²) in [6.45, 7) is 0. The van der Waals surface area contributed by atoms with Crippen LogP contribution in [0.1, 0.15) is 0 Å². The van der Waals surface area contributed by atoms with E-state index in [1.807, 2.05) is 0 Å². The van der Waals surface area contributed by atoms with Gasteiger partial charge in [0.2, 0.25) is 0 Å². The van der Waals surface area contributed by atoms with Gasteiger partial charge >= 0.3 is 59.2 Å². The first-order chi connectivity index (χ1) is 0. The molecule has 0 heterocycles. The Labute approximate surface area is 114 Å². The summed E-state index contributed by atoms with van der Waals surface area (Å²) in [6.07, 6.45) is 0. The second-order valence-corrected chi connectivity index (χ2v) is 0. The molecule has 0 aliphatic heterocycles. The zero-order chi connectivity index (χ0) is 0. The van der Waals surface area contributed by atoms with Gasteiger partial charge in [-0.05, 0) is 0 Å². The van der Waals surface area contributed by atoms with Crippen molar-refractivity contribution in [1.82, 2.24) is 0 Å². The third kappa shape index (κ3) is 25.2. The summed E-state index contributed by atoms with van der Waals surface area (Å²) in [7, 11) is 0. The molecular weight excluding hydrogens is 440 g/mol. The molecule has 0 saturated carbocycles. The van der Waals surface area contributed by atoms with Crippen molar-refractivity contribution >= 4 is 82.0 Å². The van der Waals surface area contributed by atoms with Gasteiger partial charge in [-0.15, -0.1) is 0 Å². The van der Waals surface area contributed by atoms with Gasteiger partial charge < -0.3 is 18.0 Å². The molecule has 0 fully saturated rings. The van der Waals surface area contributed by atoms with Gasteiger partial charge in [-0.2, -0.15) is 0 Å². The minimum absolute atomic E-state index is 0. The van der Waals surface area contributed by atoms with Crippen LogP contribution in [0.15, 0.2) is 0 Å². The molecule has 0 amide bonds. The van der Waals surface area contributed by atoms with Gasteiger partial charge in [-0.25, -0.2) is 0 Å². The van der Waals surface area contributed by atoms with E-state index in [0.717, 1.165) is 0 Å². The Morgan fingerprint density at radius 1 is 0.667 bits per heavy atom. The molecule has 0 unspecified atom stereocenters. The first-order valence-corrected chi connectivity index (χ1v) is 0. The third-order valence-electron chi connectivity index (χ3n) is 0. The summed E-state index contributed by atoms with van der Waals surface area (Å²) in [5.41, 5.74) is 0. The standard InChI is InChI=1S/As.2Cr.2Ga.Sb.6H/q-3;2*+3;;;-3;;;;;;. The van der Waals surface area contributed by atoms with Gasteiger partial charge in [0.25, 0.3) is 0 Å². The quantitative estimate of drug-likeness (QED) is 0.346. The molecule has 0 atom stereocenters. The van der Waals surface area contributed by atoms with E-state index in [2.05, 4.69) is 0 Å². The molecular formula is H6AsCr2Ga2Sb. The molecule has 0 rings (SSSR count). The van der Waals surface area contributed by atoms with E-state index in [1.165, 1.54) is 0 Å². The second-order valence-electron chi connectivity index (χ2n) is 0. The van der Waals surface area contributed by atoms with E-state index in [9.17, 15) is 0 Å². The van der Waals surface area contributed by atoms with Crippen molar-refractivity contribution in [2.24, 2.45) is 0 Å². The Balaban J connectivity index is 0. The molecule has 0 nitrogen and oxygen atoms in total. The average molecular weight is 446 g/mol. The van der Waals surface area contributed by atoms with Crippen LogP contribution in [-0.2, 0) is 34.7 Å². The van der Waals surface area contributed by atoms with Crippen LogP contribution in [-0.4, -0.2) is 82.0 Å². The molecule has 0 aromatic carbocycles. The van der Waals surface area contributed by atoms with Gasteiger partial charge in [0.15, 0.2) is 0 Å². The maximum atomic E-state index is 0. The summed E-state index contributed by atoms with van der Waals surface area (Å²) < 4.78 is 0. The average Bonchev–Trinajstić information content (AvgIpc) is 0. The zero-order valence-corrected chi connectivity index (χ0v) is 11.7. The first-order valence-electron chi connectivity index (χ1n) is 0. The van der Waals surface area contributed by atoms with E-state index in [1.54, 1.807) is 0 Å². The maximum absolute atomic E-state index is 0. The molecule has 0 aromatic heterocycles. The van der Waals surface area contributed by atoms with Gasteiger partial charge in [0.05, 0.1) is 0 Å². The molecule has 8 radical (unpaired) electrons. The number of hydrogen-bond acceptors (Lipinski definition) is 0. The molecule has 0 bridgehead atoms. The molecule has 0 aliphatic rings. The monoisotopic (exact) mass is 444 g/mol. The Morgan fingerprint density at radius 2 is 0.667 bits per heavy atom. The van der Waals surface area contributed by atoms with Gasteiger partial charge in [-0.1, -0.05) is 0 Å². The van der Waals surface area contributed by atoms with Crippen molar-refractivity contribution in [1.29, 1.82) is 0 Å². The Bertz CT molecular complexity index is 11.5. The van der Waals surface area contributed by atoms with Crippen molar-refractivity contribution in [3.63, 3.8) is 0 Å².